The molecule has 8 heteroatoms. The third-order valence-electron chi connectivity index (χ3n) is 4.65. The van der Waals surface area contributed by atoms with E-state index in [1.165, 1.54) is 0 Å². The Kier molecular flexibility index (Phi) is 8.15. The second-order valence-corrected chi connectivity index (χ2v) is 7.17. The smallest absolute Gasteiger partial charge is 0.269 e. The van der Waals surface area contributed by atoms with Gasteiger partial charge < -0.3 is 14.8 Å². The lowest BCUT2D eigenvalue weighted by atomic mass is 10.1. The van der Waals surface area contributed by atoms with Gasteiger partial charge in [-0.3, -0.25) is 25.2 Å². The molecule has 33 heavy (non-hydrogen) atoms. The lowest BCUT2D eigenvalue weighted by Crippen LogP contribution is -2.41. The number of aryl methyl sites for hydroxylation is 1. The number of hydrazine groups is 1. The van der Waals surface area contributed by atoms with Gasteiger partial charge in [0.25, 0.3) is 17.7 Å². The van der Waals surface area contributed by atoms with Gasteiger partial charge in [-0.15, -0.1) is 0 Å². The molecule has 8 nitrogen and oxygen atoms in total. The van der Waals surface area contributed by atoms with E-state index >= 15 is 0 Å². The first-order valence-corrected chi connectivity index (χ1v) is 10.3. The van der Waals surface area contributed by atoms with Crippen molar-refractivity contribution < 1.29 is 23.9 Å². The minimum atomic E-state index is -0.487. The van der Waals surface area contributed by atoms with E-state index in [0.717, 1.165) is 5.56 Å². The van der Waals surface area contributed by atoms with Gasteiger partial charge in [0.15, 0.2) is 0 Å². The molecule has 0 aliphatic carbocycles. The van der Waals surface area contributed by atoms with Crippen LogP contribution in [0.2, 0.25) is 0 Å². The van der Waals surface area contributed by atoms with Crippen LogP contribution in [0.3, 0.4) is 0 Å². The Morgan fingerprint density at radius 1 is 0.727 bits per heavy atom. The largest absolute Gasteiger partial charge is 0.491 e. The van der Waals surface area contributed by atoms with E-state index in [2.05, 4.69) is 16.2 Å². The summed E-state index contributed by atoms with van der Waals surface area (Å²) in [6.45, 7) is 2.79. The fourth-order valence-electron chi connectivity index (χ4n) is 2.90. The maximum Gasteiger partial charge on any atom is 0.269 e. The highest BCUT2D eigenvalue weighted by atomic mass is 16.5. The van der Waals surface area contributed by atoms with Crippen LogP contribution < -0.4 is 20.9 Å². The first-order valence-electron chi connectivity index (χ1n) is 10.3. The van der Waals surface area contributed by atoms with Gasteiger partial charge >= 0.3 is 0 Å². The summed E-state index contributed by atoms with van der Waals surface area (Å²) in [6.07, 6.45) is 0. The van der Waals surface area contributed by atoms with Crippen molar-refractivity contribution in [2.24, 2.45) is 0 Å². The number of rotatable bonds is 8. The molecule has 0 aliphatic rings. The first kappa shape index (κ1) is 23.5. The van der Waals surface area contributed by atoms with Crippen molar-refractivity contribution in [3.8, 4) is 5.75 Å². The van der Waals surface area contributed by atoms with Gasteiger partial charge in [-0.05, 0) is 67.6 Å². The van der Waals surface area contributed by atoms with Gasteiger partial charge in [0.05, 0.1) is 6.61 Å². The maximum absolute atomic E-state index is 12.3. The highest BCUT2D eigenvalue weighted by Crippen LogP contribution is 2.13. The van der Waals surface area contributed by atoms with Gasteiger partial charge in [0.1, 0.15) is 12.4 Å². The summed E-state index contributed by atoms with van der Waals surface area (Å²) in [5.74, 6) is -0.575. The minimum absolute atomic E-state index is 0.238. The van der Waals surface area contributed by atoms with Crippen LogP contribution >= 0.6 is 0 Å². The number of anilines is 1. The van der Waals surface area contributed by atoms with Crippen LogP contribution in [0.25, 0.3) is 0 Å². The van der Waals surface area contributed by atoms with Gasteiger partial charge in [-0.1, -0.05) is 17.7 Å². The van der Waals surface area contributed by atoms with Crippen molar-refractivity contribution in [2.75, 3.05) is 25.6 Å². The lowest BCUT2D eigenvalue weighted by molar-refractivity contribution is 0.0846. The average molecular weight is 447 g/mol. The summed E-state index contributed by atoms with van der Waals surface area (Å²) in [4.78, 5) is 36.9. The zero-order chi connectivity index (χ0) is 23.6. The molecule has 0 bridgehead atoms. The monoisotopic (exact) mass is 447 g/mol. The molecular weight excluding hydrogens is 422 g/mol. The minimum Gasteiger partial charge on any atom is -0.491 e. The lowest BCUT2D eigenvalue weighted by Gasteiger charge is -2.10. The molecular formula is C25H25N3O5. The Balaban J connectivity index is 1.50. The molecule has 170 valence electrons. The molecule has 0 saturated heterocycles. The normalized spacial score (nSPS) is 10.2. The number of amides is 3. The first-order chi connectivity index (χ1) is 16.0. The van der Waals surface area contributed by atoms with E-state index in [-0.39, 0.29) is 5.91 Å². The third kappa shape index (κ3) is 6.91. The molecule has 0 radical (unpaired) electrons. The molecule has 3 N–H and O–H groups in total. The molecule has 3 rings (SSSR count). The Hall–Kier alpha value is -4.17. The summed E-state index contributed by atoms with van der Waals surface area (Å²) in [7, 11) is 1.59. The van der Waals surface area contributed by atoms with Crippen LogP contribution in [0.15, 0.2) is 72.8 Å². The van der Waals surface area contributed by atoms with E-state index in [1.54, 1.807) is 67.8 Å². The number of carbonyl (C=O) groups excluding carboxylic acids is 3. The van der Waals surface area contributed by atoms with Crippen LogP contribution in [0.4, 0.5) is 5.69 Å². The molecule has 0 heterocycles. The number of methoxy groups -OCH3 is 1. The van der Waals surface area contributed by atoms with E-state index < -0.39 is 11.8 Å². The molecule has 3 aromatic carbocycles. The highest BCUT2D eigenvalue weighted by molar-refractivity contribution is 6.05. The molecule has 3 amide bonds. The Labute approximate surface area is 191 Å². The van der Waals surface area contributed by atoms with Crippen LogP contribution in [-0.4, -0.2) is 38.0 Å². The molecule has 0 fully saturated rings. The molecule has 0 aromatic heterocycles. The van der Waals surface area contributed by atoms with Crippen molar-refractivity contribution in [1.82, 2.24) is 10.9 Å². The zero-order valence-electron chi connectivity index (χ0n) is 18.4. The molecule has 0 atom stereocenters. The Morgan fingerprint density at radius 3 is 1.91 bits per heavy atom. The second kappa shape index (κ2) is 11.4. The van der Waals surface area contributed by atoms with Crippen molar-refractivity contribution in [3.63, 3.8) is 0 Å². The average Bonchev–Trinajstić information content (AvgIpc) is 2.83. The number of hydrogen-bond donors (Lipinski definition) is 3. The summed E-state index contributed by atoms with van der Waals surface area (Å²) < 4.78 is 10.4. The number of benzene rings is 3. The van der Waals surface area contributed by atoms with Crippen molar-refractivity contribution in [2.45, 2.75) is 6.92 Å². The Morgan fingerprint density at radius 2 is 1.33 bits per heavy atom. The molecule has 0 unspecified atom stereocenters. The zero-order valence-corrected chi connectivity index (χ0v) is 18.4. The number of nitrogens with one attached hydrogen (secondary N) is 3. The standard InChI is InChI=1S/C25H25N3O5/c1-17-4-3-5-20(16-17)23(29)26-21-10-6-18(7-11-21)24(30)27-28-25(31)19-8-12-22(13-9-19)33-15-14-32-2/h3-13,16H,14-15H2,1-2H3,(H,26,29)(H,27,30)(H,28,31). The van der Waals surface area contributed by atoms with Crippen molar-refractivity contribution >= 4 is 23.4 Å². The quantitative estimate of drug-likeness (QED) is 0.363. The summed E-state index contributed by atoms with van der Waals surface area (Å²) in [6, 6.07) is 20.1. The van der Waals surface area contributed by atoms with E-state index in [0.29, 0.717) is 41.3 Å². The fourth-order valence-corrected chi connectivity index (χ4v) is 2.90. The number of hydrogen-bond acceptors (Lipinski definition) is 5. The van der Waals surface area contributed by atoms with Crippen LogP contribution in [0, 0.1) is 6.92 Å². The number of ether oxygens (including phenoxy) is 2. The van der Waals surface area contributed by atoms with Gasteiger partial charge in [-0.25, -0.2) is 0 Å². The van der Waals surface area contributed by atoms with Crippen LogP contribution in [-0.2, 0) is 4.74 Å². The van der Waals surface area contributed by atoms with Crippen LogP contribution in [0.5, 0.6) is 5.75 Å². The van der Waals surface area contributed by atoms with Crippen LogP contribution in [0.1, 0.15) is 36.6 Å². The summed E-state index contributed by atoms with van der Waals surface area (Å²) in [5.41, 5.74) is 7.53. The molecule has 3 aromatic rings. The Bertz CT molecular complexity index is 1110. The van der Waals surface area contributed by atoms with Crippen molar-refractivity contribution in [3.05, 3.63) is 95.1 Å². The highest BCUT2D eigenvalue weighted by Gasteiger charge is 2.11. The number of carbonyl (C=O) groups is 3. The topological polar surface area (TPSA) is 106 Å². The third-order valence-corrected chi connectivity index (χ3v) is 4.65. The summed E-state index contributed by atoms with van der Waals surface area (Å²) >= 11 is 0. The molecule has 0 aliphatic heterocycles. The summed E-state index contributed by atoms with van der Waals surface area (Å²) in [5, 5.41) is 2.79. The maximum atomic E-state index is 12.3. The van der Waals surface area contributed by atoms with Crippen molar-refractivity contribution in [1.29, 1.82) is 0 Å². The predicted octanol–water partition coefficient (Wildman–Crippen LogP) is 3.35. The fraction of sp³-hybridized carbons (Fsp3) is 0.160. The molecule has 0 spiro atoms. The second-order valence-electron chi connectivity index (χ2n) is 7.17. The van der Waals surface area contributed by atoms with E-state index in [1.807, 2.05) is 19.1 Å². The van der Waals surface area contributed by atoms with Gasteiger partial charge in [0.2, 0.25) is 0 Å². The molecule has 0 saturated carbocycles. The van der Waals surface area contributed by atoms with E-state index in [9.17, 15) is 14.4 Å². The SMILES string of the molecule is COCCOc1ccc(C(=O)NNC(=O)c2ccc(NC(=O)c3cccc(C)c3)cc2)cc1. The predicted molar refractivity (Wildman–Crippen MR) is 124 cm³/mol. The van der Waals surface area contributed by atoms with E-state index in [4.69, 9.17) is 9.47 Å². The van der Waals surface area contributed by atoms with Gasteiger partial charge in [-0.2, -0.15) is 0 Å². The van der Waals surface area contributed by atoms with Gasteiger partial charge in [0, 0.05) is 29.5 Å².